The molecule has 0 spiro atoms. The van der Waals surface area contributed by atoms with E-state index >= 15 is 0 Å². The third-order valence-corrected chi connectivity index (χ3v) is 5.62. The van der Waals surface area contributed by atoms with Crippen LogP contribution in [0.1, 0.15) is 27.3 Å². The molecule has 1 saturated heterocycles. The van der Waals surface area contributed by atoms with Gasteiger partial charge in [0.2, 0.25) is 0 Å². The smallest absolute Gasteiger partial charge is 0.433 e. The third kappa shape index (κ3) is 3.14. The third-order valence-electron chi connectivity index (χ3n) is 4.43. The topological polar surface area (TPSA) is 79.7 Å². The Morgan fingerprint density at radius 3 is 2.65 bits per heavy atom. The maximum atomic E-state index is 12.9. The first-order chi connectivity index (χ1) is 12.1. The summed E-state index contributed by atoms with van der Waals surface area (Å²) in [5.41, 5.74) is -0.546. The number of fused-ring (bicyclic) bond motifs is 1. The molecule has 6 nitrogen and oxygen atoms in total. The van der Waals surface area contributed by atoms with Gasteiger partial charge in [0.25, 0.3) is 5.91 Å². The summed E-state index contributed by atoms with van der Waals surface area (Å²) >= 11 is 0.836. The number of methoxy groups -OCH3 is 1. The van der Waals surface area contributed by atoms with E-state index in [-0.39, 0.29) is 22.7 Å². The van der Waals surface area contributed by atoms with Crippen molar-refractivity contribution in [1.82, 2.24) is 9.88 Å². The number of aliphatic carboxylic acids is 1. The number of carbonyl (C=O) groups is 2. The number of likely N-dealkylation sites (tertiary alicyclic amines) is 1. The first-order valence-corrected chi connectivity index (χ1v) is 8.49. The quantitative estimate of drug-likeness (QED) is 0.875. The summed E-state index contributed by atoms with van der Waals surface area (Å²) < 4.78 is 43.7. The van der Waals surface area contributed by atoms with Crippen molar-refractivity contribution in [2.45, 2.75) is 31.7 Å². The van der Waals surface area contributed by atoms with Gasteiger partial charge in [0.05, 0.1) is 11.0 Å². The Morgan fingerprint density at radius 1 is 1.38 bits per heavy atom. The van der Waals surface area contributed by atoms with Crippen LogP contribution in [0.2, 0.25) is 0 Å². The number of rotatable bonds is 3. The number of alkyl halides is 3. The molecule has 0 radical (unpaired) electrons. The van der Waals surface area contributed by atoms with Crippen molar-refractivity contribution in [2.24, 2.45) is 0 Å². The van der Waals surface area contributed by atoms with Crippen LogP contribution in [0, 0.1) is 6.92 Å². The molecule has 0 bridgehead atoms. The van der Waals surface area contributed by atoms with Crippen molar-refractivity contribution in [1.29, 1.82) is 0 Å². The Kier molecular flexibility index (Phi) is 4.65. The molecule has 140 valence electrons. The molecule has 3 heterocycles. The second-order valence-electron chi connectivity index (χ2n) is 6.01. The van der Waals surface area contributed by atoms with E-state index in [1.807, 2.05) is 0 Å². The zero-order chi connectivity index (χ0) is 19.2. The van der Waals surface area contributed by atoms with Crippen LogP contribution in [0.4, 0.5) is 13.2 Å². The van der Waals surface area contributed by atoms with Gasteiger partial charge in [-0.2, -0.15) is 13.2 Å². The molecule has 0 unspecified atom stereocenters. The van der Waals surface area contributed by atoms with E-state index in [1.54, 1.807) is 6.92 Å². The molecule has 1 aliphatic rings. The predicted molar refractivity (Wildman–Crippen MR) is 87.2 cm³/mol. The number of aryl methyl sites for hydroxylation is 1. The lowest BCUT2D eigenvalue weighted by Crippen LogP contribution is -2.40. The summed E-state index contributed by atoms with van der Waals surface area (Å²) in [4.78, 5) is 29.4. The van der Waals surface area contributed by atoms with Crippen molar-refractivity contribution < 1.29 is 32.6 Å². The average Bonchev–Trinajstić information content (AvgIpc) is 3.15. The Hall–Kier alpha value is -2.20. The minimum Gasteiger partial charge on any atom is -0.480 e. The number of hydrogen-bond donors (Lipinski definition) is 1. The lowest BCUT2D eigenvalue weighted by molar-refractivity contribution is -0.142. The molecule has 1 aliphatic heterocycles. The molecular formula is C16H15F3N2O4S. The largest absolute Gasteiger partial charge is 0.480 e. The molecule has 2 aromatic rings. The molecule has 0 saturated carbocycles. The van der Waals surface area contributed by atoms with Gasteiger partial charge in [-0.05, 0) is 24.6 Å². The standard InChI is InChI=1S/C16H15F3N2O4S/c1-7-9-3-4-11(16(17,18)19)20-13(9)26-12(7)14(22)21-6-8(25-2)5-10(21)15(23)24/h3-4,8,10H,5-6H2,1-2H3,(H,23,24)/t8-,10-/m1/s1. The van der Waals surface area contributed by atoms with Crippen molar-refractivity contribution in [3.8, 4) is 0 Å². The van der Waals surface area contributed by atoms with Gasteiger partial charge in [-0.15, -0.1) is 11.3 Å². The molecule has 2 atom stereocenters. The number of nitrogens with zero attached hydrogens (tertiary/aromatic N) is 2. The Bertz CT molecular complexity index is 880. The SMILES string of the molecule is CO[C@@H]1C[C@H](C(=O)O)N(C(=O)c2sc3nc(C(F)(F)F)ccc3c2C)C1. The van der Waals surface area contributed by atoms with E-state index in [9.17, 15) is 27.9 Å². The minimum absolute atomic E-state index is 0.0926. The number of hydrogen-bond acceptors (Lipinski definition) is 5. The van der Waals surface area contributed by atoms with Crippen LogP contribution in [-0.4, -0.2) is 52.7 Å². The monoisotopic (exact) mass is 388 g/mol. The molecule has 0 aliphatic carbocycles. The van der Waals surface area contributed by atoms with E-state index in [0.29, 0.717) is 10.9 Å². The van der Waals surface area contributed by atoms with Crippen LogP contribution in [-0.2, 0) is 15.7 Å². The molecule has 1 N–H and O–H groups in total. The number of amides is 1. The Labute approximate surface area is 150 Å². The highest BCUT2D eigenvalue weighted by molar-refractivity contribution is 7.20. The first-order valence-electron chi connectivity index (χ1n) is 7.67. The maximum Gasteiger partial charge on any atom is 0.433 e. The number of thiophene rings is 1. The van der Waals surface area contributed by atoms with Crippen molar-refractivity contribution in [3.63, 3.8) is 0 Å². The van der Waals surface area contributed by atoms with E-state index in [2.05, 4.69) is 4.98 Å². The van der Waals surface area contributed by atoms with E-state index in [4.69, 9.17) is 4.74 Å². The highest BCUT2D eigenvalue weighted by Crippen LogP contribution is 2.35. The second-order valence-corrected chi connectivity index (χ2v) is 7.01. The van der Waals surface area contributed by atoms with Crippen molar-refractivity contribution in [2.75, 3.05) is 13.7 Å². The van der Waals surface area contributed by atoms with Gasteiger partial charge in [-0.1, -0.05) is 0 Å². The summed E-state index contributed by atoms with van der Waals surface area (Å²) in [5.74, 6) is -1.68. The van der Waals surface area contributed by atoms with E-state index in [1.165, 1.54) is 18.1 Å². The molecule has 2 aromatic heterocycles. The van der Waals surface area contributed by atoms with Gasteiger partial charge in [-0.3, -0.25) is 4.79 Å². The average molecular weight is 388 g/mol. The van der Waals surface area contributed by atoms with Crippen molar-refractivity contribution >= 4 is 33.4 Å². The number of carboxylic acids is 1. The number of halogens is 3. The fourth-order valence-corrected chi connectivity index (χ4v) is 4.15. The normalized spacial score (nSPS) is 20.7. The molecule has 1 amide bonds. The number of pyridine rings is 1. The molecule has 0 aromatic carbocycles. The Balaban J connectivity index is 2.00. The van der Waals surface area contributed by atoms with Crippen LogP contribution in [0.15, 0.2) is 12.1 Å². The van der Waals surface area contributed by atoms with Crippen LogP contribution < -0.4 is 0 Å². The maximum absolute atomic E-state index is 12.9. The molecule has 26 heavy (non-hydrogen) atoms. The lowest BCUT2D eigenvalue weighted by Gasteiger charge is -2.20. The number of aromatic nitrogens is 1. The fourth-order valence-electron chi connectivity index (χ4n) is 3.02. The van der Waals surface area contributed by atoms with Gasteiger partial charge in [0.1, 0.15) is 16.6 Å². The summed E-state index contributed by atoms with van der Waals surface area (Å²) in [6, 6.07) is 1.12. The lowest BCUT2D eigenvalue weighted by atomic mass is 10.1. The van der Waals surface area contributed by atoms with Crippen LogP contribution >= 0.6 is 11.3 Å². The summed E-state index contributed by atoms with van der Waals surface area (Å²) in [5, 5.41) is 9.79. The molecular weight excluding hydrogens is 373 g/mol. The second kappa shape index (κ2) is 6.51. The number of ether oxygens (including phenoxy) is 1. The predicted octanol–water partition coefficient (Wildman–Crippen LogP) is 2.94. The summed E-state index contributed by atoms with van der Waals surface area (Å²) in [6.07, 6.45) is -4.81. The summed E-state index contributed by atoms with van der Waals surface area (Å²) in [6.45, 7) is 1.72. The van der Waals surface area contributed by atoms with Gasteiger partial charge >= 0.3 is 12.1 Å². The van der Waals surface area contributed by atoms with Gasteiger partial charge in [0.15, 0.2) is 0 Å². The molecule has 3 rings (SSSR count). The minimum atomic E-state index is -4.58. The number of carbonyl (C=O) groups excluding carboxylic acids is 1. The summed E-state index contributed by atoms with van der Waals surface area (Å²) in [7, 11) is 1.44. The fraction of sp³-hybridized carbons (Fsp3) is 0.438. The van der Waals surface area contributed by atoms with Crippen LogP contribution in [0.25, 0.3) is 10.2 Å². The zero-order valence-corrected chi connectivity index (χ0v) is 14.6. The first kappa shape index (κ1) is 18.6. The zero-order valence-electron chi connectivity index (χ0n) is 13.8. The van der Waals surface area contributed by atoms with E-state index < -0.39 is 35.9 Å². The highest BCUT2D eigenvalue weighted by atomic mass is 32.1. The van der Waals surface area contributed by atoms with Gasteiger partial charge in [0, 0.05) is 25.5 Å². The van der Waals surface area contributed by atoms with Gasteiger partial charge in [-0.25, -0.2) is 9.78 Å². The van der Waals surface area contributed by atoms with E-state index in [0.717, 1.165) is 17.4 Å². The van der Waals surface area contributed by atoms with Gasteiger partial charge < -0.3 is 14.7 Å². The van der Waals surface area contributed by atoms with Crippen LogP contribution in [0.3, 0.4) is 0 Å². The van der Waals surface area contributed by atoms with Crippen LogP contribution in [0.5, 0.6) is 0 Å². The molecule has 1 fully saturated rings. The Morgan fingerprint density at radius 2 is 2.08 bits per heavy atom. The molecule has 10 heteroatoms. The highest BCUT2D eigenvalue weighted by Gasteiger charge is 2.41. The van der Waals surface area contributed by atoms with Crippen molar-refractivity contribution in [3.05, 3.63) is 28.3 Å². The number of carboxylic acid groups (broad SMARTS) is 1.